The second-order valence-electron chi connectivity index (χ2n) is 4.75. The minimum Gasteiger partial charge on any atom is -0.478 e. The van der Waals surface area contributed by atoms with Crippen LogP contribution in [0.15, 0.2) is 36.4 Å². The molecule has 0 aliphatic carbocycles. The highest BCUT2D eigenvalue weighted by atomic mass is 35.5. The molecular formula is C15H11ClF2N2O4. The summed E-state index contributed by atoms with van der Waals surface area (Å²) in [6.07, 6.45) is -1.15. The van der Waals surface area contributed by atoms with Crippen LogP contribution in [-0.4, -0.2) is 16.9 Å². The molecule has 0 heterocycles. The number of carbonyl (C=O) groups is 1. The predicted octanol–water partition coefficient (Wildman–Crippen LogP) is 3.93. The fourth-order valence-corrected chi connectivity index (χ4v) is 1.94. The highest BCUT2D eigenvalue weighted by molar-refractivity contribution is 6.33. The van der Waals surface area contributed by atoms with Gasteiger partial charge in [-0.3, -0.25) is 14.9 Å². The number of nitro groups is 1. The van der Waals surface area contributed by atoms with E-state index in [4.69, 9.17) is 16.3 Å². The zero-order valence-electron chi connectivity index (χ0n) is 12.3. The van der Waals surface area contributed by atoms with Crippen LogP contribution in [0.3, 0.4) is 0 Å². The second kappa shape index (κ2) is 7.22. The van der Waals surface area contributed by atoms with Crippen molar-refractivity contribution in [3.05, 3.63) is 63.2 Å². The number of carbonyl (C=O) groups excluding carboxylic acids is 1. The van der Waals surface area contributed by atoms with Crippen molar-refractivity contribution in [2.75, 3.05) is 5.32 Å². The molecule has 0 spiro atoms. The van der Waals surface area contributed by atoms with E-state index in [1.54, 1.807) is 0 Å². The van der Waals surface area contributed by atoms with Crippen molar-refractivity contribution in [3.8, 4) is 5.75 Å². The molecule has 9 heteroatoms. The van der Waals surface area contributed by atoms with Gasteiger partial charge in [0.05, 0.1) is 15.6 Å². The topological polar surface area (TPSA) is 81.5 Å². The monoisotopic (exact) mass is 356 g/mol. The SMILES string of the molecule is CC(Oc1ccc(F)cc1F)C(=O)Nc1cc([N+](=O)[O-])ccc1Cl. The highest BCUT2D eigenvalue weighted by Gasteiger charge is 2.19. The van der Waals surface area contributed by atoms with Gasteiger partial charge in [0.15, 0.2) is 17.7 Å². The van der Waals surface area contributed by atoms with Crippen molar-refractivity contribution >= 4 is 28.9 Å². The lowest BCUT2D eigenvalue weighted by molar-refractivity contribution is -0.384. The number of amides is 1. The summed E-state index contributed by atoms with van der Waals surface area (Å²) in [7, 11) is 0. The first kappa shape index (κ1) is 17.6. The van der Waals surface area contributed by atoms with Gasteiger partial charge in [-0.1, -0.05) is 11.6 Å². The number of hydrogen-bond acceptors (Lipinski definition) is 4. The lowest BCUT2D eigenvalue weighted by Crippen LogP contribution is -2.30. The molecule has 126 valence electrons. The maximum absolute atomic E-state index is 13.5. The molecule has 0 aromatic heterocycles. The summed E-state index contributed by atoms with van der Waals surface area (Å²) in [4.78, 5) is 22.2. The Bertz CT molecular complexity index is 801. The van der Waals surface area contributed by atoms with Crippen LogP contribution in [0.1, 0.15) is 6.92 Å². The van der Waals surface area contributed by atoms with Crippen LogP contribution < -0.4 is 10.1 Å². The Kier molecular flexibility index (Phi) is 5.30. The number of nitrogens with zero attached hydrogens (tertiary/aromatic N) is 1. The van der Waals surface area contributed by atoms with Gasteiger partial charge in [-0.25, -0.2) is 8.78 Å². The van der Waals surface area contributed by atoms with Crippen molar-refractivity contribution in [1.82, 2.24) is 0 Å². The smallest absolute Gasteiger partial charge is 0.271 e. The van der Waals surface area contributed by atoms with E-state index in [1.165, 1.54) is 19.1 Å². The van der Waals surface area contributed by atoms with Crippen LogP contribution in [0.5, 0.6) is 5.75 Å². The average molecular weight is 357 g/mol. The van der Waals surface area contributed by atoms with Gasteiger partial charge in [-0.05, 0) is 25.1 Å². The number of non-ortho nitro benzene ring substituents is 1. The molecule has 6 nitrogen and oxygen atoms in total. The van der Waals surface area contributed by atoms with Gasteiger partial charge in [0, 0.05) is 18.2 Å². The summed E-state index contributed by atoms with van der Waals surface area (Å²) < 4.78 is 31.5. The Labute approximate surface area is 140 Å². The van der Waals surface area contributed by atoms with Crippen LogP contribution in [0.2, 0.25) is 5.02 Å². The third kappa shape index (κ3) is 4.17. The fraction of sp³-hybridized carbons (Fsp3) is 0.133. The van der Waals surface area contributed by atoms with Gasteiger partial charge in [-0.15, -0.1) is 0 Å². The van der Waals surface area contributed by atoms with Crippen LogP contribution in [0.4, 0.5) is 20.2 Å². The maximum atomic E-state index is 13.5. The van der Waals surface area contributed by atoms with Crippen LogP contribution >= 0.6 is 11.6 Å². The molecule has 0 fully saturated rings. The van der Waals surface area contributed by atoms with E-state index < -0.39 is 28.6 Å². The molecule has 2 rings (SSSR count). The molecule has 1 amide bonds. The Morgan fingerprint density at radius 3 is 2.62 bits per heavy atom. The molecular weight excluding hydrogens is 346 g/mol. The molecule has 24 heavy (non-hydrogen) atoms. The Hall–Kier alpha value is -2.74. The number of benzene rings is 2. The summed E-state index contributed by atoms with van der Waals surface area (Å²) in [5.41, 5.74) is -0.237. The molecule has 2 aromatic carbocycles. The van der Waals surface area contributed by atoms with Crippen molar-refractivity contribution in [1.29, 1.82) is 0 Å². The minimum atomic E-state index is -1.15. The zero-order chi connectivity index (χ0) is 17.9. The van der Waals surface area contributed by atoms with Crippen LogP contribution in [0.25, 0.3) is 0 Å². The van der Waals surface area contributed by atoms with E-state index in [2.05, 4.69) is 5.32 Å². The summed E-state index contributed by atoms with van der Waals surface area (Å²) in [5, 5.41) is 13.2. The molecule has 0 saturated heterocycles. The lowest BCUT2D eigenvalue weighted by atomic mass is 10.2. The number of halogens is 3. The van der Waals surface area contributed by atoms with Crippen LogP contribution in [0, 0.1) is 21.7 Å². The van der Waals surface area contributed by atoms with Crippen molar-refractivity contribution in [2.45, 2.75) is 13.0 Å². The zero-order valence-corrected chi connectivity index (χ0v) is 13.0. The normalized spacial score (nSPS) is 11.7. The highest BCUT2D eigenvalue weighted by Crippen LogP contribution is 2.27. The molecule has 0 saturated carbocycles. The average Bonchev–Trinajstić information content (AvgIpc) is 2.51. The number of nitro benzene ring substituents is 1. The standard InChI is InChI=1S/C15H11ClF2N2O4/c1-8(24-14-5-2-9(17)6-12(14)18)15(21)19-13-7-10(20(22)23)3-4-11(13)16/h2-8H,1H3,(H,19,21). The predicted molar refractivity (Wildman–Crippen MR) is 83.2 cm³/mol. The largest absolute Gasteiger partial charge is 0.478 e. The first-order chi connectivity index (χ1) is 11.3. The van der Waals surface area contributed by atoms with E-state index in [-0.39, 0.29) is 22.1 Å². The number of hydrogen-bond donors (Lipinski definition) is 1. The Morgan fingerprint density at radius 1 is 1.29 bits per heavy atom. The molecule has 1 atom stereocenters. The van der Waals surface area contributed by atoms with Gasteiger partial charge in [0.1, 0.15) is 5.82 Å². The van der Waals surface area contributed by atoms with E-state index in [0.717, 1.165) is 18.2 Å². The van der Waals surface area contributed by atoms with Crippen molar-refractivity contribution < 1.29 is 23.2 Å². The summed E-state index contributed by atoms with van der Waals surface area (Å²) in [6, 6.07) is 6.20. The second-order valence-corrected chi connectivity index (χ2v) is 5.15. The van der Waals surface area contributed by atoms with Gasteiger partial charge in [0.2, 0.25) is 0 Å². The van der Waals surface area contributed by atoms with Gasteiger partial charge < -0.3 is 10.1 Å². The lowest BCUT2D eigenvalue weighted by Gasteiger charge is -2.15. The summed E-state index contributed by atoms with van der Waals surface area (Å²) in [5.74, 6) is -2.74. The Balaban J connectivity index is 2.11. The molecule has 1 N–H and O–H groups in total. The third-order valence-electron chi connectivity index (χ3n) is 2.99. The van der Waals surface area contributed by atoms with Gasteiger partial charge in [0.25, 0.3) is 11.6 Å². The number of ether oxygens (including phenoxy) is 1. The molecule has 0 aliphatic heterocycles. The fourth-order valence-electron chi connectivity index (χ4n) is 1.77. The summed E-state index contributed by atoms with van der Waals surface area (Å²) >= 11 is 5.87. The molecule has 2 aromatic rings. The number of anilines is 1. The molecule has 0 radical (unpaired) electrons. The first-order valence-electron chi connectivity index (χ1n) is 6.64. The third-order valence-corrected chi connectivity index (χ3v) is 3.32. The van der Waals surface area contributed by atoms with Crippen LogP contribution in [-0.2, 0) is 4.79 Å². The number of rotatable bonds is 5. The van der Waals surface area contributed by atoms with E-state index >= 15 is 0 Å². The summed E-state index contributed by atoms with van der Waals surface area (Å²) in [6.45, 7) is 1.34. The maximum Gasteiger partial charge on any atom is 0.271 e. The van der Waals surface area contributed by atoms with Crippen molar-refractivity contribution in [2.24, 2.45) is 0 Å². The number of nitrogens with one attached hydrogen (secondary N) is 1. The molecule has 0 aliphatic rings. The van der Waals surface area contributed by atoms with Crippen molar-refractivity contribution in [3.63, 3.8) is 0 Å². The Morgan fingerprint density at radius 2 is 2.00 bits per heavy atom. The molecule has 1 unspecified atom stereocenters. The quantitative estimate of drug-likeness (QED) is 0.650. The molecule has 0 bridgehead atoms. The first-order valence-corrected chi connectivity index (χ1v) is 7.02. The van der Waals surface area contributed by atoms with E-state index in [1.807, 2.05) is 0 Å². The van der Waals surface area contributed by atoms with E-state index in [0.29, 0.717) is 6.07 Å². The van der Waals surface area contributed by atoms with Gasteiger partial charge >= 0.3 is 0 Å². The minimum absolute atomic E-state index is 0.0193. The van der Waals surface area contributed by atoms with E-state index in [9.17, 15) is 23.7 Å². The van der Waals surface area contributed by atoms with Gasteiger partial charge in [-0.2, -0.15) is 0 Å².